The average molecular weight is 245 g/mol. The van der Waals surface area contributed by atoms with E-state index in [0.29, 0.717) is 6.54 Å². The Morgan fingerprint density at radius 2 is 1.89 bits per heavy atom. The van der Waals surface area contributed by atoms with Crippen molar-refractivity contribution in [2.45, 2.75) is 13.0 Å². The Hall–Kier alpha value is -1.87. The van der Waals surface area contributed by atoms with E-state index >= 15 is 0 Å². The first-order valence-corrected chi connectivity index (χ1v) is 5.88. The monoisotopic (exact) mass is 245 g/mol. The second-order valence-corrected chi connectivity index (χ2v) is 4.21. The van der Waals surface area contributed by atoms with Crippen LogP contribution in [0.3, 0.4) is 0 Å². The smallest absolute Gasteiger partial charge is 0.136 e. The van der Waals surface area contributed by atoms with Gasteiger partial charge in [-0.05, 0) is 42.3 Å². The Morgan fingerprint density at radius 1 is 1.17 bits per heavy atom. The number of nitrogens with two attached hydrogens (primary N) is 1. The van der Waals surface area contributed by atoms with E-state index in [1.165, 1.54) is 12.1 Å². The molecule has 2 N–H and O–H groups in total. The van der Waals surface area contributed by atoms with Gasteiger partial charge in [0.1, 0.15) is 17.7 Å². The maximum Gasteiger partial charge on any atom is 0.136 e. The van der Waals surface area contributed by atoms with Gasteiger partial charge in [-0.1, -0.05) is 24.3 Å². The van der Waals surface area contributed by atoms with E-state index in [-0.39, 0.29) is 11.9 Å². The van der Waals surface area contributed by atoms with Crippen molar-refractivity contribution >= 4 is 0 Å². The molecule has 0 saturated carbocycles. The van der Waals surface area contributed by atoms with Gasteiger partial charge >= 0.3 is 0 Å². The number of benzene rings is 2. The van der Waals surface area contributed by atoms with Gasteiger partial charge in [0.25, 0.3) is 0 Å². The average Bonchev–Trinajstić information content (AvgIpc) is 2.37. The number of halogens is 1. The molecule has 0 aromatic heterocycles. The highest BCUT2D eigenvalue weighted by Crippen LogP contribution is 2.22. The molecule has 0 heterocycles. The van der Waals surface area contributed by atoms with Gasteiger partial charge in [-0.3, -0.25) is 0 Å². The van der Waals surface area contributed by atoms with Crippen molar-refractivity contribution in [3.05, 3.63) is 65.5 Å². The maximum absolute atomic E-state index is 12.9. The molecule has 0 aliphatic carbocycles. The standard InChI is InChI=1S/C15H16FNO/c1-11-3-2-4-14(9-11)18-15(10-17)12-5-7-13(16)8-6-12/h2-9,15H,10,17H2,1H3. The highest BCUT2D eigenvalue weighted by molar-refractivity contribution is 5.29. The molecule has 1 atom stereocenters. The Morgan fingerprint density at radius 3 is 2.50 bits per heavy atom. The first kappa shape index (κ1) is 12.6. The molecule has 2 aromatic carbocycles. The SMILES string of the molecule is Cc1cccc(OC(CN)c2ccc(F)cc2)c1. The van der Waals surface area contributed by atoms with E-state index < -0.39 is 0 Å². The summed E-state index contributed by atoms with van der Waals surface area (Å²) in [5.41, 5.74) is 7.71. The van der Waals surface area contributed by atoms with Gasteiger partial charge in [-0.15, -0.1) is 0 Å². The van der Waals surface area contributed by atoms with E-state index in [1.54, 1.807) is 12.1 Å². The normalized spacial score (nSPS) is 12.2. The van der Waals surface area contributed by atoms with Crippen LogP contribution in [-0.4, -0.2) is 6.54 Å². The zero-order valence-corrected chi connectivity index (χ0v) is 10.3. The number of rotatable bonds is 4. The molecule has 0 aliphatic heterocycles. The minimum absolute atomic E-state index is 0.257. The lowest BCUT2D eigenvalue weighted by atomic mass is 10.1. The second-order valence-electron chi connectivity index (χ2n) is 4.21. The first-order chi connectivity index (χ1) is 8.69. The minimum Gasteiger partial charge on any atom is -0.484 e. The molecule has 0 spiro atoms. The number of aryl methyl sites for hydroxylation is 1. The Kier molecular flexibility index (Phi) is 3.95. The Bertz CT molecular complexity index is 510. The summed E-state index contributed by atoms with van der Waals surface area (Å²) in [5.74, 6) is 0.514. The molecular formula is C15H16FNO. The van der Waals surface area contributed by atoms with Crippen molar-refractivity contribution in [2.75, 3.05) is 6.54 Å². The summed E-state index contributed by atoms with van der Waals surface area (Å²) in [6.07, 6.45) is -0.257. The molecule has 0 bridgehead atoms. The molecule has 0 aliphatic rings. The van der Waals surface area contributed by atoms with Crippen LogP contribution in [0.4, 0.5) is 4.39 Å². The fourth-order valence-electron chi connectivity index (χ4n) is 1.78. The van der Waals surface area contributed by atoms with Gasteiger partial charge in [0, 0.05) is 6.54 Å². The van der Waals surface area contributed by atoms with Crippen molar-refractivity contribution in [2.24, 2.45) is 5.73 Å². The molecule has 2 rings (SSSR count). The summed E-state index contributed by atoms with van der Waals surface area (Å²) in [4.78, 5) is 0. The first-order valence-electron chi connectivity index (χ1n) is 5.88. The summed E-state index contributed by atoms with van der Waals surface area (Å²) < 4.78 is 18.7. The molecule has 0 amide bonds. The van der Waals surface area contributed by atoms with E-state index in [4.69, 9.17) is 10.5 Å². The molecule has 2 nitrogen and oxygen atoms in total. The molecule has 0 fully saturated rings. The van der Waals surface area contributed by atoms with E-state index in [9.17, 15) is 4.39 Å². The number of ether oxygens (including phenoxy) is 1. The molecule has 1 unspecified atom stereocenters. The zero-order valence-electron chi connectivity index (χ0n) is 10.3. The lowest BCUT2D eigenvalue weighted by molar-refractivity contribution is 0.214. The molecule has 94 valence electrons. The largest absolute Gasteiger partial charge is 0.484 e. The number of hydrogen-bond acceptors (Lipinski definition) is 2. The summed E-state index contributed by atoms with van der Waals surface area (Å²) in [6, 6.07) is 14.0. The minimum atomic E-state index is -0.259. The Labute approximate surface area is 106 Å². The van der Waals surface area contributed by atoms with Gasteiger partial charge in [0.15, 0.2) is 0 Å². The molecule has 0 radical (unpaired) electrons. The lowest BCUT2D eigenvalue weighted by Gasteiger charge is -2.18. The van der Waals surface area contributed by atoms with Gasteiger partial charge < -0.3 is 10.5 Å². The van der Waals surface area contributed by atoms with Crippen molar-refractivity contribution in [3.63, 3.8) is 0 Å². The van der Waals surface area contributed by atoms with Crippen LogP contribution >= 0.6 is 0 Å². The Balaban J connectivity index is 2.17. The van der Waals surface area contributed by atoms with Gasteiger partial charge in [0.2, 0.25) is 0 Å². The fraction of sp³-hybridized carbons (Fsp3) is 0.200. The van der Waals surface area contributed by atoms with Crippen LogP contribution in [0.15, 0.2) is 48.5 Å². The third-order valence-electron chi connectivity index (χ3n) is 2.72. The predicted molar refractivity (Wildman–Crippen MR) is 70.0 cm³/mol. The van der Waals surface area contributed by atoms with Crippen molar-refractivity contribution in [1.29, 1.82) is 0 Å². The topological polar surface area (TPSA) is 35.2 Å². The van der Waals surface area contributed by atoms with Crippen LogP contribution in [-0.2, 0) is 0 Å². The molecule has 3 heteroatoms. The van der Waals surface area contributed by atoms with Crippen molar-refractivity contribution in [3.8, 4) is 5.75 Å². The van der Waals surface area contributed by atoms with Crippen LogP contribution in [0.2, 0.25) is 0 Å². The van der Waals surface area contributed by atoms with Gasteiger partial charge in [-0.2, -0.15) is 0 Å². The summed E-state index contributed by atoms with van der Waals surface area (Å²) in [6.45, 7) is 2.35. The fourth-order valence-corrected chi connectivity index (χ4v) is 1.78. The predicted octanol–water partition coefficient (Wildman–Crippen LogP) is 3.21. The quantitative estimate of drug-likeness (QED) is 0.897. The van der Waals surface area contributed by atoms with Crippen LogP contribution in [0, 0.1) is 12.7 Å². The third-order valence-corrected chi connectivity index (χ3v) is 2.72. The number of hydrogen-bond donors (Lipinski definition) is 1. The highest BCUT2D eigenvalue weighted by Gasteiger charge is 2.11. The molecular weight excluding hydrogens is 229 g/mol. The van der Waals surface area contributed by atoms with Crippen LogP contribution < -0.4 is 10.5 Å². The van der Waals surface area contributed by atoms with Crippen LogP contribution in [0.5, 0.6) is 5.75 Å². The van der Waals surface area contributed by atoms with E-state index in [1.807, 2.05) is 31.2 Å². The lowest BCUT2D eigenvalue weighted by Crippen LogP contribution is -2.18. The second kappa shape index (κ2) is 5.65. The van der Waals surface area contributed by atoms with Crippen molar-refractivity contribution < 1.29 is 9.13 Å². The van der Waals surface area contributed by atoms with E-state index in [2.05, 4.69) is 0 Å². The molecule has 0 saturated heterocycles. The summed E-state index contributed by atoms with van der Waals surface area (Å²) in [5, 5.41) is 0. The molecule has 18 heavy (non-hydrogen) atoms. The maximum atomic E-state index is 12.9. The van der Waals surface area contributed by atoms with Crippen molar-refractivity contribution in [1.82, 2.24) is 0 Å². The van der Waals surface area contributed by atoms with Crippen LogP contribution in [0.25, 0.3) is 0 Å². The summed E-state index contributed by atoms with van der Waals surface area (Å²) >= 11 is 0. The van der Waals surface area contributed by atoms with Gasteiger partial charge in [-0.25, -0.2) is 4.39 Å². The molecule has 2 aromatic rings. The van der Waals surface area contributed by atoms with Gasteiger partial charge in [0.05, 0.1) is 0 Å². The summed E-state index contributed by atoms with van der Waals surface area (Å²) in [7, 11) is 0. The van der Waals surface area contributed by atoms with E-state index in [0.717, 1.165) is 16.9 Å². The zero-order chi connectivity index (χ0) is 13.0. The third kappa shape index (κ3) is 3.08. The van der Waals surface area contributed by atoms with Crippen LogP contribution in [0.1, 0.15) is 17.2 Å². The highest BCUT2D eigenvalue weighted by atomic mass is 19.1.